The number of nitrogens with one attached hydrogen (secondary N) is 1. The fourth-order valence-corrected chi connectivity index (χ4v) is 3.57. The number of aryl methyl sites for hydroxylation is 3. The maximum atomic E-state index is 13.0. The number of amides is 1. The highest BCUT2D eigenvalue weighted by molar-refractivity contribution is 6.33. The van der Waals surface area contributed by atoms with Crippen LogP contribution in [0.25, 0.3) is 0 Å². The van der Waals surface area contributed by atoms with E-state index in [0.29, 0.717) is 34.4 Å². The van der Waals surface area contributed by atoms with E-state index in [2.05, 4.69) is 20.4 Å². The lowest BCUT2D eigenvalue weighted by atomic mass is 10.1. The molecular weight excluding hydrogens is 426 g/mol. The normalized spacial score (nSPS) is 10.8. The third-order valence-corrected chi connectivity index (χ3v) is 5.33. The number of rotatable bonds is 6. The summed E-state index contributed by atoms with van der Waals surface area (Å²) in [5.74, 6) is 0.262. The van der Waals surface area contributed by atoms with Gasteiger partial charge in [0.1, 0.15) is 10.9 Å². The predicted octanol–water partition coefficient (Wildman–Crippen LogP) is 5.34. The van der Waals surface area contributed by atoms with Gasteiger partial charge in [-0.15, -0.1) is 0 Å². The molecule has 7 nitrogen and oxygen atoms in total. The number of halogens is 1. The van der Waals surface area contributed by atoms with E-state index in [1.807, 2.05) is 38.1 Å². The van der Waals surface area contributed by atoms with E-state index >= 15 is 0 Å². The standard InChI is InChI=1S/C24H22ClN5O2/c1-15-5-7-18(8-6-15)14-30-22(25)21(17(3)29-30)23(31)28-20-10-9-19(13-16(20)2)32-24-26-11-4-12-27-24/h4-13H,14H2,1-3H3,(H,28,31). The monoisotopic (exact) mass is 447 g/mol. The first-order chi connectivity index (χ1) is 15.4. The summed E-state index contributed by atoms with van der Waals surface area (Å²) in [4.78, 5) is 21.1. The van der Waals surface area contributed by atoms with Crippen LogP contribution in [-0.2, 0) is 6.54 Å². The van der Waals surface area contributed by atoms with Crippen LogP contribution in [0.5, 0.6) is 11.8 Å². The summed E-state index contributed by atoms with van der Waals surface area (Å²) >= 11 is 6.53. The van der Waals surface area contributed by atoms with Crippen molar-refractivity contribution in [2.75, 3.05) is 5.32 Å². The molecule has 0 aliphatic carbocycles. The highest BCUT2D eigenvalue weighted by atomic mass is 35.5. The SMILES string of the molecule is Cc1ccc(Cn2nc(C)c(C(=O)Nc3ccc(Oc4ncccn4)cc3C)c2Cl)cc1. The molecule has 2 aromatic carbocycles. The second kappa shape index (κ2) is 9.20. The second-order valence-corrected chi connectivity index (χ2v) is 7.82. The van der Waals surface area contributed by atoms with Crippen molar-refractivity contribution in [3.63, 3.8) is 0 Å². The van der Waals surface area contributed by atoms with Crippen molar-refractivity contribution < 1.29 is 9.53 Å². The number of benzene rings is 2. The summed E-state index contributed by atoms with van der Waals surface area (Å²) in [5, 5.41) is 7.69. The quantitative estimate of drug-likeness (QED) is 0.431. The Kier molecular flexibility index (Phi) is 6.18. The number of ether oxygens (including phenoxy) is 1. The van der Waals surface area contributed by atoms with Gasteiger partial charge in [-0.3, -0.25) is 4.79 Å². The number of carbonyl (C=O) groups is 1. The minimum Gasteiger partial charge on any atom is -0.424 e. The number of aromatic nitrogens is 4. The van der Waals surface area contributed by atoms with Gasteiger partial charge in [0.25, 0.3) is 5.91 Å². The van der Waals surface area contributed by atoms with Gasteiger partial charge in [-0.25, -0.2) is 14.6 Å². The van der Waals surface area contributed by atoms with Crippen LogP contribution in [0.15, 0.2) is 60.9 Å². The van der Waals surface area contributed by atoms with Gasteiger partial charge < -0.3 is 10.1 Å². The van der Waals surface area contributed by atoms with Crippen LogP contribution in [0, 0.1) is 20.8 Å². The Hall–Kier alpha value is -3.71. The summed E-state index contributed by atoms with van der Waals surface area (Å²) in [5.41, 5.74) is 4.64. The lowest BCUT2D eigenvalue weighted by Gasteiger charge is -2.11. The first-order valence-electron chi connectivity index (χ1n) is 10.1. The average Bonchev–Trinajstić information content (AvgIpc) is 3.05. The summed E-state index contributed by atoms with van der Waals surface area (Å²) in [6, 6.07) is 15.4. The summed E-state index contributed by atoms with van der Waals surface area (Å²) in [6.07, 6.45) is 3.21. The minimum absolute atomic E-state index is 0.257. The van der Waals surface area contributed by atoms with E-state index < -0.39 is 0 Å². The number of nitrogens with zero attached hydrogens (tertiary/aromatic N) is 4. The Morgan fingerprint density at radius 3 is 2.47 bits per heavy atom. The van der Waals surface area contributed by atoms with E-state index in [9.17, 15) is 4.79 Å². The molecule has 0 aliphatic rings. The predicted molar refractivity (Wildman–Crippen MR) is 123 cm³/mol. The van der Waals surface area contributed by atoms with Crippen molar-refractivity contribution in [1.82, 2.24) is 19.7 Å². The number of hydrogen-bond donors (Lipinski definition) is 1. The molecule has 0 fully saturated rings. The van der Waals surface area contributed by atoms with Crippen molar-refractivity contribution in [3.05, 3.63) is 94.0 Å². The van der Waals surface area contributed by atoms with Gasteiger partial charge in [0.05, 0.1) is 17.8 Å². The third-order valence-electron chi connectivity index (χ3n) is 4.94. The summed E-state index contributed by atoms with van der Waals surface area (Å²) in [7, 11) is 0. The molecule has 0 bridgehead atoms. The van der Waals surface area contributed by atoms with E-state index in [-0.39, 0.29) is 11.9 Å². The molecule has 2 aromatic heterocycles. The Morgan fingerprint density at radius 2 is 1.78 bits per heavy atom. The van der Waals surface area contributed by atoms with Gasteiger partial charge in [-0.2, -0.15) is 5.10 Å². The molecule has 32 heavy (non-hydrogen) atoms. The zero-order chi connectivity index (χ0) is 22.7. The third kappa shape index (κ3) is 4.78. The van der Waals surface area contributed by atoms with Crippen molar-refractivity contribution in [3.8, 4) is 11.8 Å². The Balaban J connectivity index is 1.50. The second-order valence-electron chi connectivity index (χ2n) is 7.46. The van der Waals surface area contributed by atoms with Crippen LogP contribution in [0.2, 0.25) is 5.15 Å². The molecule has 4 rings (SSSR count). The molecule has 4 aromatic rings. The minimum atomic E-state index is -0.314. The highest BCUT2D eigenvalue weighted by Crippen LogP contribution is 2.27. The molecule has 0 saturated carbocycles. The number of carbonyl (C=O) groups excluding carboxylic acids is 1. The van der Waals surface area contributed by atoms with Crippen LogP contribution in [0.3, 0.4) is 0 Å². The molecule has 0 aliphatic heterocycles. The van der Waals surface area contributed by atoms with Crippen molar-refractivity contribution in [1.29, 1.82) is 0 Å². The van der Waals surface area contributed by atoms with Gasteiger partial charge >= 0.3 is 6.01 Å². The Labute approximate surface area is 191 Å². The van der Waals surface area contributed by atoms with Crippen LogP contribution < -0.4 is 10.1 Å². The summed E-state index contributed by atoms with van der Waals surface area (Å²) in [6.45, 7) is 6.17. The maximum absolute atomic E-state index is 13.0. The largest absolute Gasteiger partial charge is 0.424 e. The van der Waals surface area contributed by atoms with Crippen LogP contribution in [-0.4, -0.2) is 25.7 Å². The van der Waals surface area contributed by atoms with Gasteiger partial charge in [0.2, 0.25) is 0 Å². The molecule has 1 N–H and O–H groups in total. The smallest absolute Gasteiger partial charge is 0.321 e. The first-order valence-corrected chi connectivity index (χ1v) is 10.4. The van der Waals surface area contributed by atoms with Crippen LogP contribution in [0.1, 0.15) is 32.7 Å². The maximum Gasteiger partial charge on any atom is 0.321 e. The van der Waals surface area contributed by atoms with E-state index in [0.717, 1.165) is 11.1 Å². The molecule has 2 heterocycles. The molecule has 0 atom stereocenters. The van der Waals surface area contributed by atoms with Crippen LogP contribution >= 0.6 is 11.6 Å². The molecule has 162 valence electrons. The molecule has 8 heteroatoms. The van der Waals surface area contributed by atoms with E-state index in [1.54, 1.807) is 48.3 Å². The van der Waals surface area contributed by atoms with E-state index in [4.69, 9.17) is 16.3 Å². The van der Waals surface area contributed by atoms with E-state index in [1.165, 1.54) is 5.56 Å². The van der Waals surface area contributed by atoms with Gasteiger partial charge in [0, 0.05) is 18.1 Å². The highest BCUT2D eigenvalue weighted by Gasteiger charge is 2.21. The average molecular weight is 448 g/mol. The Morgan fingerprint density at radius 1 is 1.06 bits per heavy atom. The topological polar surface area (TPSA) is 81.9 Å². The first kappa shape index (κ1) is 21.5. The van der Waals surface area contributed by atoms with Gasteiger partial charge in [0.15, 0.2) is 0 Å². The van der Waals surface area contributed by atoms with Crippen LogP contribution in [0.4, 0.5) is 5.69 Å². The molecule has 0 radical (unpaired) electrons. The number of anilines is 1. The zero-order valence-electron chi connectivity index (χ0n) is 18.0. The fraction of sp³-hybridized carbons (Fsp3) is 0.167. The molecule has 0 saturated heterocycles. The summed E-state index contributed by atoms with van der Waals surface area (Å²) < 4.78 is 7.28. The fourth-order valence-electron chi connectivity index (χ4n) is 3.25. The van der Waals surface area contributed by atoms with Crippen molar-refractivity contribution in [2.45, 2.75) is 27.3 Å². The number of hydrogen-bond acceptors (Lipinski definition) is 5. The molecule has 0 unspecified atom stereocenters. The Bertz CT molecular complexity index is 1250. The molecule has 1 amide bonds. The zero-order valence-corrected chi connectivity index (χ0v) is 18.7. The molecule has 0 spiro atoms. The van der Waals surface area contributed by atoms with Crippen molar-refractivity contribution in [2.24, 2.45) is 0 Å². The van der Waals surface area contributed by atoms with Gasteiger partial charge in [-0.1, -0.05) is 41.4 Å². The van der Waals surface area contributed by atoms with Crippen molar-refractivity contribution >= 4 is 23.2 Å². The molecular formula is C24H22ClN5O2. The lowest BCUT2D eigenvalue weighted by Crippen LogP contribution is -2.14. The lowest BCUT2D eigenvalue weighted by molar-refractivity contribution is 0.102. The van der Waals surface area contributed by atoms with Gasteiger partial charge in [-0.05, 0) is 56.2 Å².